The Morgan fingerprint density at radius 1 is 1.40 bits per heavy atom. The Labute approximate surface area is 121 Å². The van der Waals surface area contributed by atoms with Crippen LogP contribution < -0.4 is 5.73 Å². The van der Waals surface area contributed by atoms with Crippen molar-refractivity contribution in [2.24, 2.45) is 11.7 Å². The van der Waals surface area contributed by atoms with E-state index in [1.807, 2.05) is 0 Å². The molecule has 3 heteroatoms. The minimum Gasteiger partial charge on any atom is -0.328 e. The largest absolute Gasteiger partial charge is 0.328 e. The number of fused-ring (bicyclic) bond motifs is 1. The number of para-hydroxylation sites is 2. The molecule has 1 aliphatic carbocycles. The van der Waals surface area contributed by atoms with Crippen LogP contribution in [0.5, 0.6) is 0 Å². The molecule has 1 aromatic carbocycles. The lowest BCUT2D eigenvalue weighted by Gasteiger charge is -2.24. The summed E-state index contributed by atoms with van der Waals surface area (Å²) in [7, 11) is 0. The number of aromatic nitrogens is 2. The van der Waals surface area contributed by atoms with Crippen LogP contribution in [0.2, 0.25) is 0 Å². The maximum Gasteiger partial charge on any atom is 0.111 e. The van der Waals surface area contributed by atoms with Crippen molar-refractivity contribution in [2.45, 2.75) is 58.0 Å². The van der Waals surface area contributed by atoms with Crippen LogP contribution in [-0.2, 0) is 13.0 Å². The van der Waals surface area contributed by atoms with E-state index in [9.17, 15) is 0 Å². The van der Waals surface area contributed by atoms with Crippen LogP contribution in [0.25, 0.3) is 11.0 Å². The summed E-state index contributed by atoms with van der Waals surface area (Å²) in [5.74, 6) is 1.92. The molecule has 2 N–H and O–H groups in total. The molecule has 0 amide bonds. The van der Waals surface area contributed by atoms with Gasteiger partial charge in [0, 0.05) is 18.5 Å². The van der Waals surface area contributed by atoms with E-state index in [-0.39, 0.29) is 5.54 Å². The lowest BCUT2D eigenvalue weighted by molar-refractivity contribution is 0.403. The predicted molar refractivity (Wildman–Crippen MR) is 83.7 cm³/mol. The first-order valence-electron chi connectivity index (χ1n) is 7.84. The summed E-state index contributed by atoms with van der Waals surface area (Å²) in [6, 6.07) is 8.43. The highest BCUT2D eigenvalue weighted by molar-refractivity contribution is 5.75. The number of aryl methyl sites for hydroxylation is 1. The van der Waals surface area contributed by atoms with Gasteiger partial charge in [-0.15, -0.1) is 0 Å². The zero-order valence-electron chi connectivity index (χ0n) is 12.6. The molecular formula is C17H25N3. The minimum atomic E-state index is -0.0493. The summed E-state index contributed by atoms with van der Waals surface area (Å²) < 4.78 is 2.37. The van der Waals surface area contributed by atoms with Crippen LogP contribution in [0.15, 0.2) is 24.3 Å². The Bertz CT molecular complexity index is 601. The smallest absolute Gasteiger partial charge is 0.111 e. The molecule has 0 spiro atoms. The van der Waals surface area contributed by atoms with Crippen LogP contribution in [0.1, 0.15) is 45.4 Å². The maximum atomic E-state index is 6.62. The van der Waals surface area contributed by atoms with E-state index >= 15 is 0 Å². The molecule has 0 saturated heterocycles. The van der Waals surface area contributed by atoms with Crippen LogP contribution in [0.4, 0.5) is 0 Å². The van der Waals surface area contributed by atoms with E-state index in [0.717, 1.165) is 43.7 Å². The third-order valence-electron chi connectivity index (χ3n) is 4.58. The number of hydrogen-bond donors (Lipinski definition) is 1. The zero-order chi connectivity index (χ0) is 14.2. The monoisotopic (exact) mass is 271 g/mol. The van der Waals surface area contributed by atoms with E-state index in [2.05, 4.69) is 42.7 Å². The molecule has 1 heterocycles. The number of imidazole rings is 1. The Morgan fingerprint density at radius 3 is 2.90 bits per heavy atom. The lowest BCUT2D eigenvalue weighted by Crippen LogP contribution is -2.40. The molecule has 1 saturated carbocycles. The van der Waals surface area contributed by atoms with Crippen molar-refractivity contribution >= 4 is 11.0 Å². The molecule has 2 atom stereocenters. The van der Waals surface area contributed by atoms with Gasteiger partial charge in [0.25, 0.3) is 0 Å². The van der Waals surface area contributed by atoms with E-state index in [1.54, 1.807) is 0 Å². The summed E-state index contributed by atoms with van der Waals surface area (Å²) in [5, 5.41) is 0. The van der Waals surface area contributed by atoms with Gasteiger partial charge in [-0.3, -0.25) is 0 Å². The van der Waals surface area contributed by atoms with Gasteiger partial charge in [0.15, 0.2) is 0 Å². The number of nitrogens with zero attached hydrogens (tertiary/aromatic N) is 2. The highest BCUT2D eigenvalue weighted by Crippen LogP contribution is 2.35. The fourth-order valence-corrected chi connectivity index (χ4v) is 3.64. The van der Waals surface area contributed by atoms with Gasteiger partial charge in [0.05, 0.1) is 11.0 Å². The third-order valence-corrected chi connectivity index (χ3v) is 4.58. The Morgan fingerprint density at radius 2 is 2.20 bits per heavy atom. The lowest BCUT2D eigenvalue weighted by atomic mass is 9.93. The Hall–Kier alpha value is -1.35. The standard InChI is InChI=1S/C17H25N3/c1-3-10-20-15-7-5-4-6-14(15)19-16(20)12-17(18)9-8-13(2)11-17/h4-7,13H,3,8-12,18H2,1-2H3. The average molecular weight is 271 g/mol. The second kappa shape index (κ2) is 5.21. The molecule has 20 heavy (non-hydrogen) atoms. The summed E-state index contributed by atoms with van der Waals surface area (Å²) in [6.07, 6.45) is 5.55. The fraction of sp³-hybridized carbons (Fsp3) is 0.588. The maximum absolute atomic E-state index is 6.62. The number of hydrogen-bond acceptors (Lipinski definition) is 2. The molecule has 3 nitrogen and oxygen atoms in total. The van der Waals surface area contributed by atoms with Crippen molar-refractivity contribution in [1.82, 2.24) is 9.55 Å². The fourth-order valence-electron chi connectivity index (χ4n) is 3.64. The first-order chi connectivity index (χ1) is 9.61. The van der Waals surface area contributed by atoms with Gasteiger partial charge in [-0.25, -0.2) is 4.98 Å². The van der Waals surface area contributed by atoms with Gasteiger partial charge >= 0.3 is 0 Å². The zero-order valence-corrected chi connectivity index (χ0v) is 12.6. The normalized spacial score (nSPS) is 26.4. The van der Waals surface area contributed by atoms with Crippen molar-refractivity contribution < 1.29 is 0 Å². The molecule has 3 rings (SSSR count). The molecule has 2 aromatic rings. The molecule has 0 radical (unpaired) electrons. The first-order valence-corrected chi connectivity index (χ1v) is 7.84. The molecule has 108 valence electrons. The van der Waals surface area contributed by atoms with E-state index in [4.69, 9.17) is 10.7 Å². The van der Waals surface area contributed by atoms with Crippen molar-refractivity contribution in [2.75, 3.05) is 0 Å². The quantitative estimate of drug-likeness (QED) is 0.925. The van der Waals surface area contributed by atoms with Gasteiger partial charge in [0.2, 0.25) is 0 Å². The number of nitrogens with two attached hydrogens (primary N) is 1. The van der Waals surface area contributed by atoms with Crippen molar-refractivity contribution in [3.8, 4) is 0 Å². The Balaban J connectivity index is 1.96. The van der Waals surface area contributed by atoms with Crippen LogP contribution in [0.3, 0.4) is 0 Å². The molecule has 1 aromatic heterocycles. The topological polar surface area (TPSA) is 43.8 Å². The van der Waals surface area contributed by atoms with Crippen molar-refractivity contribution in [3.63, 3.8) is 0 Å². The van der Waals surface area contributed by atoms with Crippen LogP contribution in [0, 0.1) is 5.92 Å². The average Bonchev–Trinajstić information content (AvgIpc) is 2.92. The molecule has 0 bridgehead atoms. The highest BCUT2D eigenvalue weighted by Gasteiger charge is 2.35. The predicted octanol–water partition coefficient (Wildman–Crippen LogP) is 3.51. The van der Waals surface area contributed by atoms with Crippen molar-refractivity contribution in [1.29, 1.82) is 0 Å². The van der Waals surface area contributed by atoms with Gasteiger partial charge in [-0.05, 0) is 43.7 Å². The van der Waals surface area contributed by atoms with Crippen LogP contribution in [-0.4, -0.2) is 15.1 Å². The second-order valence-corrected chi connectivity index (χ2v) is 6.56. The highest BCUT2D eigenvalue weighted by atomic mass is 15.1. The molecule has 1 aliphatic rings. The summed E-state index contributed by atoms with van der Waals surface area (Å²) in [6.45, 7) is 5.56. The minimum absolute atomic E-state index is 0.0493. The van der Waals surface area contributed by atoms with Gasteiger partial charge < -0.3 is 10.3 Å². The molecular weight excluding hydrogens is 246 g/mol. The number of benzene rings is 1. The van der Waals surface area contributed by atoms with Crippen LogP contribution >= 0.6 is 0 Å². The third kappa shape index (κ3) is 2.47. The number of rotatable bonds is 4. The van der Waals surface area contributed by atoms with E-state index < -0.39 is 0 Å². The van der Waals surface area contributed by atoms with Crippen molar-refractivity contribution in [3.05, 3.63) is 30.1 Å². The summed E-state index contributed by atoms with van der Waals surface area (Å²) >= 11 is 0. The second-order valence-electron chi connectivity index (χ2n) is 6.56. The van der Waals surface area contributed by atoms with Gasteiger partial charge in [0.1, 0.15) is 5.82 Å². The molecule has 0 aliphatic heterocycles. The molecule has 2 unspecified atom stereocenters. The van der Waals surface area contributed by atoms with Gasteiger partial charge in [-0.1, -0.05) is 26.0 Å². The summed E-state index contributed by atoms with van der Waals surface area (Å²) in [4.78, 5) is 4.85. The Kier molecular flexibility index (Phi) is 3.55. The van der Waals surface area contributed by atoms with E-state index in [1.165, 1.54) is 17.8 Å². The summed E-state index contributed by atoms with van der Waals surface area (Å²) in [5.41, 5.74) is 8.92. The SMILES string of the molecule is CCCn1c(CC2(N)CCC(C)C2)nc2ccccc21. The van der Waals surface area contributed by atoms with E-state index in [0.29, 0.717) is 0 Å². The van der Waals surface area contributed by atoms with Gasteiger partial charge in [-0.2, -0.15) is 0 Å². The molecule has 1 fully saturated rings. The first kappa shape index (κ1) is 13.6.